The fourth-order valence-corrected chi connectivity index (χ4v) is 3.20. The van der Waals surface area contributed by atoms with E-state index in [2.05, 4.69) is 20.8 Å². The van der Waals surface area contributed by atoms with Crippen molar-refractivity contribution in [3.8, 4) is 17.2 Å². The van der Waals surface area contributed by atoms with Crippen molar-refractivity contribution < 1.29 is 19.0 Å². The molecule has 3 aromatic rings. The number of para-hydroxylation sites is 1. The van der Waals surface area contributed by atoms with Crippen LogP contribution in [0.4, 0.5) is 10.3 Å². The van der Waals surface area contributed by atoms with Gasteiger partial charge >= 0.3 is 0 Å². The number of carbonyl (C=O) groups excluding carboxylic acids is 1. The molecule has 138 valence electrons. The molecule has 1 aliphatic rings. The molecule has 1 aliphatic heterocycles. The second kappa shape index (κ2) is 7.50. The minimum absolute atomic E-state index is 0.248. The Labute approximate surface area is 159 Å². The third-order valence-corrected chi connectivity index (χ3v) is 4.67. The third-order valence-electron chi connectivity index (χ3n) is 3.88. The molecule has 0 radical (unpaired) electrons. The van der Waals surface area contributed by atoms with Crippen molar-refractivity contribution in [3.63, 3.8) is 0 Å². The molecule has 4 rings (SSSR count). The van der Waals surface area contributed by atoms with Gasteiger partial charge in [0.05, 0.1) is 12.7 Å². The first kappa shape index (κ1) is 17.1. The van der Waals surface area contributed by atoms with Crippen molar-refractivity contribution >= 4 is 27.5 Å². The lowest BCUT2D eigenvalue weighted by molar-refractivity contribution is 0.102. The van der Waals surface area contributed by atoms with Crippen molar-refractivity contribution in [3.05, 3.63) is 53.6 Å². The second-order valence-corrected chi connectivity index (χ2v) is 6.59. The van der Waals surface area contributed by atoms with E-state index >= 15 is 0 Å². The molecule has 0 saturated heterocycles. The fourth-order valence-electron chi connectivity index (χ4n) is 2.57. The minimum atomic E-state index is -0.300. The van der Waals surface area contributed by atoms with E-state index in [1.54, 1.807) is 24.3 Å². The van der Waals surface area contributed by atoms with Gasteiger partial charge in [-0.3, -0.25) is 10.1 Å². The summed E-state index contributed by atoms with van der Waals surface area (Å²) in [5.74, 6) is 1.68. The van der Waals surface area contributed by atoms with Gasteiger partial charge in [-0.15, -0.1) is 10.2 Å². The number of aromatic nitrogens is 2. The zero-order chi connectivity index (χ0) is 18.6. The largest absolute Gasteiger partial charge is 0.496 e. The van der Waals surface area contributed by atoms with Crippen LogP contribution in [0.1, 0.15) is 15.9 Å². The van der Waals surface area contributed by atoms with Gasteiger partial charge in [0.15, 0.2) is 11.5 Å². The first-order valence-corrected chi connectivity index (χ1v) is 8.95. The Hall–Kier alpha value is -3.33. The lowest BCUT2D eigenvalue weighted by Crippen LogP contribution is -2.12. The number of fused-ring (bicyclic) bond motifs is 1. The highest BCUT2D eigenvalue weighted by Crippen LogP contribution is 2.33. The lowest BCUT2D eigenvalue weighted by Gasteiger charge is -2.06. The van der Waals surface area contributed by atoms with E-state index in [0.29, 0.717) is 28.1 Å². The number of ether oxygens (including phenoxy) is 3. The molecular weight excluding hydrogens is 368 g/mol. The SMILES string of the molecule is COc1ccccc1C(=O)Nc1nnc(NCc2ccc3c(c2)OCO3)s1. The first-order valence-electron chi connectivity index (χ1n) is 8.13. The number of benzene rings is 2. The standard InChI is InChI=1S/C18H16N4O4S/c1-24-13-5-3-2-4-12(13)16(23)20-18-22-21-17(27-18)19-9-11-6-7-14-15(8-11)26-10-25-14/h2-8H,9-10H2,1H3,(H,19,21)(H,20,22,23). The number of amides is 1. The average Bonchev–Trinajstić information content (AvgIpc) is 3.35. The lowest BCUT2D eigenvalue weighted by atomic mass is 10.2. The van der Waals surface area contributed by atoms with Crippen LogP contribution in [0, 0.1) is 0 Å². The zero-order valence-corrected chi connectivity index (χ0v) is 15.2. The number of methoxy groups -OCH3 is 1. The van der Waals surface area contributed by atoms with E-state index in [1.165, 1.54) is 18.4 Å². The van der Waals surface area contributed by atoms with Gasteiger partial charge < -0.3 is 19.5 Å². The maximum atomic E-state index is 12.4. The first-order chi connectivity index (χ1) is 13.2. The van der Waals surface area contributed by atoms with Gasteiger partial charge in [-0.25, -0.2) is 0 Å². The maximum absolute atomic E-state index is 12.4. The van der Waals surface area contributed by atoms with E-state index in [-0.39, 0.29) is 12.7 Å². The van der Waals surface area contributed by atoms with Crippen molar-refractivity contribution in [2.75, 3.05) is 24.5 Å². The molecule has 2 N–H and O–H groups in total. The molecule has 1 aromatic heterocycles. The van der Waals surface area contributed by atoms with Gasteiger partial charge in [0, 0.05) is 6.54 Å². The number of anilines is 2. The summed E-state index contributed by atoms with van der Waals surface area (Å²) in [7, 11) is 1.52. The van der Waals surface area contributed by atoms with Gasteiger partial charge in [-0.05, 0) is 29.8 Å². The molecular formula is C18H16N4O4S. The highest BCUT2D eigenvalue weighted by Gasteiger charge is 2.15. The van der Waals surface area contributed by atoms with Crippen LogP contribution in [0.2, 0.25) is 0 Å². The van der Waals surface area contributed by atoms with E-state index in [9.17, 15) is 4.79 Å². The molecule has 1 amide bonds. The molecule has 9 heteroatoms. The van der Waals surface area contributed by atoms with E-state index in [4.69, 9.17) is 14.2 Å². The van der Waals surface area contributed by atoms with Gasteiger partial charge in [-0.1, -0.05) is 29.5 Å². The Morgan fingerprint density at radius 2 is 1.96 bits per heavy atom. The highest BCUT2D eigenvalue weighted by molar-refractivity contribution is 7.19. The Bertz CT molecular complexity index is 976. The number of hydrogen-bond acceptors (Lipinski definition) is 8. The van der Waals surface area contributed by atoms with Crippen molar-refractivity contribution in [2.45, 2.75) is 6.54 Å². The average molecular weight is 384 g/mol. The van der Waals surface area contributed by atoms with Gasteiger partial charge in [-0.2, -0.15) is 0 Å². The maximum Gasteiger partial charge on any atom is 0.261 e. The summed E-state index contributed by atoms with van der Waals surface area (Å²) in [6.45, 7) is 0.795. The summed E-state index contributed by atoms with van der Waals surface area (Å²) in [5, 5.41) is 15.0. The summed E-state index contributed by atoms with van der Waals surface area (Å²) in [6, 6.07) is 12.7. The van der Waals surface area contributed by atoms with Crippen molar-refractivity contribution in [1.82, 2.24) is 10.2 Å². The normalized spacial score (nSPS) is 11.9. The molecule has 0 fully saturated rings. The molecule has 2 heterocycles. The van der Waals surface area contributed by atoms with Crippen LogP contribution in [-0.2, 0) is 6.54 Å². The van der Waals surface area contributed by atoms with Crippen LogP contribution in [0.25, 0.3) is 0 Å². The van der Waals surface area contributed by atoms with E-state index in [0.717, 1.165) is 17.1 Å². The van der Waals surface area contributed by atoms with Gasteiger partial charge in [0.25, 0.3) is 5.91 Å². The van der Waals surface area contributed by atoms with Gasteiger partial charge in [0.1, 0.15) is 5.75 Å². The smallest absolute Gasteiger partial charge is 0.261 e. The molecule has 8 nitrogen and oxygen atoms in total. The molecule has 0 spiro atoms. The zero-order valence-electron chi connectivity index (χ0n) is 14.4. The van der Waals surface area contributed by atoms with Crippen LogP contribution < -0.4 is 24.8 Å². The quantitative estimate of drug-likeness (QED) is 0.674. The number of hydrogen-bond donors (Lipinski definition) is 2. The van der Waals surface area contributed by atoms with E-state index in [1.807, 2.05) is 18.2 Å². The molecule has 0 aliphatic carbocycles. The Morgan fingerprint density at radius 1 is 1.15 bits per heavy atom. The summed E-state index contributed by atoms with van der Waals surface area (Å²) in [6.07, 6.45) is 0. The topological polar surface area (TPSA) is 94.6 Å². The third kappa shape index (κ3) is 3.77. The summed E-state index contributed by atoms with van der Waals surface area (Å²) in [5.41, 5.74) is 1.46. The molecule has 0 bridgehead atoms. The number of carbonyl (C=O) groups is 1. The number of nitrogens with one attached hydrogen (secondary N) is 2. The Kier molecular flexibility index (Phi) is 4.75. The molecule has 2 aromatic carbocycles. The minimum Gasteiger partial charge on any atom is -0.496 e. The second-order valence-electron chi connectivity index (χ2n) is 5.61. The summed E-state index contributed by atoms with van der Waals surface area (Å²) >= 11 is 1.25. The molecule has 0 atom stereocenters. The summed E-state index contributed by atoms with van der Waals surface area (Å²) in [4.78, 5) is 12.4. The fraction of sp³-hybridized carbons (Fsp3) is 0.167. The van der Waals surface area contributed by atoms with Crippen molar-refractivity contribution in [1.29, 1.82) is 0 Å². The molecule has 27 heavy (non-hydrogen) atoms. The molecule has 0 saturated carbocycles. The predicted molar refractivity (Wildman–Crippen MR) is 101 cm³/mol. The van der Waals surface area contributed by atoms with Crippen LogP contribution in [0.5, 0.6) is 17.2 Å². The van der Waals surface area contributed by atoms with Crippen LogP contribution in [-0.4, -0.2) is 30.0 Å². The summed E-state index contributed by atoms with van der Waals surface area (Å²) < 4.78 is 15.9. The van der Waals surface area contributed by atoms with Crippen LogP contribution in [0.3, 0.4) is 0 Å². The van der Waals surface area contributed by atoms with Crippen molar-refractivity contribution in [2.24, 2.45) is 0 Å². The molecule has 0 unspecified atom stereocenters. The predicted octanol–water partition coefficient (Wildman–Crippen LogP) is 3.14. The van der Waals surface area contributed by atoms with Crippen LogP contribution in [0.15, 0.2) is 42.5 Å². The Balaban J connectivity index is 1.38. The number of nitrogens with zero attached hydrogens (tertiary/aromatic N) is 2. The number of rotatable bonds is 6. The van der Waals surface area contributed by atoms with Gasteiger partial charge in [0.2, 0.25) is 17.1 Å². The van der Waals surface area contributed by atoms with Crippen LogP contribution >= 0.6 is 11.3 Å². The Morgan fingerprint density at radius 3 is 2.85 bits per heavy atom. The monoisotopic (exact) mass is 384 g/mol. The van der Waals surface area contributed by atoms with E-state index < -0.39 is 0 Å². The highest BCUT2D eigenvalue weighted by atomic mass is 32.1.